The molecule has 1 aliphatic rings. The van der Waals surface area contributed by atoms with Crippen molar-refractivity contribution in [1.29, 1.82) is 0 Å². The Balaban J connectivity index is 1.40. The molecule has 2 aromatic heterocycles. The molecule has 0 unspecified atom stereocenters. The molecule has 1 aliphatic heterocycles. The highest BCUT2D eigenvalue weighted by atomic mass is 32.2. The molecule has 0 spiro atoms. The highest BCUT2D eigenvalue weighted by Crippen LogP contribution is 2.25. The second-order valence-corrected chi connectivity index (χ2v) is 8.68. The lowest BCUT2D eigenvalue weighted by molar-refractivity contribution is 0.0752. The number of ether oxygens (including phenoxy) is 2. The third-order valence-electron chi connectivity index (χ3n) is 5.20. The topological polar surface area (TPSA) is 80.9 Å². The molecule has 0 atom stereocenters. The van der Waals surface area contributed by atoms with Crippen LogP contribution in [0.2, 0.25) is 0 Å². The predicted molar refractivity (Wildman–Crippen MR) is 126 cm³/mol. The van der Waals surface area contributed by atoms with Crippen molar-refractivity contribution in [3.63, 3.8) is 0 Å². The van der Waals surface area contributed by atoms with Gasteiger partial charge in [0, 0.05) is 39.9 Å². The molecule has 1 aromatic carbocycles. The number of nitrogens with zero attached hydrogens (tertiary/aromatic N) is 4. The summed E-state index contributed by atoms with van der Waals surface area (Å²) in [6, 6.07) is 15.4. The molecule has 1 saturated heterocycles. The Bertz CT molecular complexity index is 1050. The zero-order valence-electron chi connectivity index (χ0n) is 18.9. The summed E-state index contributed by atoms with van der Waals surface area (Å²) in [4.78, 5) is 25.9. The first-order valence-corrected chi connectivity index (χ1v) is 11.8. The molecular weight excluding hydrogens is 440 g/mol. The number of furan rings is 1. The SMILES string of the molecule is COCc1cc(N2CCOCC2)nc(SCc2ccc(C(=O)N(C)Cc3ccccc3)o2)n1. The van der Waals surface area contributed by atoms with E-state index in [9.17, 15) is 4.79 Å². The van der Waals surface area contributed by atoms with Crippen LogP contribution in [0, 0.1) is 0 Å². The first kappa shape index (κ1) is 23.3. The summed E-state index contributed by atoms with van der Waals surface area (Å²) in [5.74, 6) is 2.27. The first-order valence-electron chi connectivity index (χ1n) is 10.8. The zero-order valence-corrected chi connectivity index (χ0v) is 19.7. The molecule has 0 saturated carbocycles. The van der Waals surface area contributed by atoms with Crippen LogP contribution in [0.4, 0.5) is 5.82 Å². The summed E-state index contributed by atoms with van der Waals surface area (Å²) < 4.78 is 16.6. The highest BCUT2D eigenvalue weighted by molar-refractivity contribution is 7.98. The van der Waals surface area contributed by atoms with Crippen LogP contribution in [0.5, 0.6) is 0 Å². The van der Waals surface area contributed by atoms with E-state index >= 15 is 0 Å². The number of benzene rings is 1. The summed E-state index contributed by atoms with van der Waals surface area (Å²) in [5.41, 5.74) is 1.90. The second-order valence-electron chi connectivity index (χ2n) is 7.73. The zero-order chi connectivity index (χ0) is 23.0. The van der Waals surface area contributed by atoms with Crippen LogP contribution in [0.3, 0.4) is 0 Å². The summed E-state index contributed by atoms with van der Waals surface area (Å²) in [5, 5.41) is 0.650. The third kappa shape index (κ3) is 6.34. The van der Waals surface area contributed by atoms with Crippen molar-refractivity contribution in [2.24, 2.45) is 0 Å². The molecule has 9 heteroatoms. The maximum absolute atomic E-state index is 12.7. The van der Waals surface area contributed by atoms with E-state index in [2.05, 4.69) is 9.88 Å². The van der Waals surface area contributed by atoms with Crippen molar-refractivity contribution in [1.82, 2.24) is 14.9 Å². The van der Waals surface area contributed by atoms with Crippen LogP contribution in [0.15, 0.2) is 58.1 Å². The van der Waals surface area contributed by atoms with E-state index in [1.54, 1.807) is 25.1 Å². The van der Waals surface area contributed by atoms with Crippen LogP contribution in [-0.4, -0.2) is 61.2 Å². The van der Waals surface area contributed by atoms with E-state index < -0.39 is 0 Å². The molecule has 4 rings (SSSR count). The van der Waals surface area contributed by atoms with Crippen molar-refractivity contribution >= 4 is 23.5 Å². The van der Waals surface area contributed by atoms with E-state index in [4.69, 9.17) is 18.9 Å². The lowest BCUT2D eigenvalue weighted by Gasteiger charge is -2.28. The number of aromatic nitrogens is 2. The largest absolute Gasteiger partial charge is 0.455 e. The smallest absolute Gasteiger partial charge is 0.289 e. The van der Waals surface area contributed by atoms with Crippen molar-refractivity contribution in [3.05, 3.63) is 71.3 Å². The highest BCUT2D eigenvalue weighted by Gasteiger charge is 2.18. The third-order valence-corrected chi connectivity index (χ3v) is 6.07. The number of thioether (sulfide) groups is 1. The van der Waals surface area contributed by atoms with Gasteiger partial charge in [0.25, 0.3) is 5.91 Å². The molecular formula is C24H28N4O4S. The van der Waals surface area contributed by atoms with Gasteiger partial charge in [-0.1, -0.05) is 42.1 Å². The number of hydrogen-bond acceptors (Lipinski definition) is 8. The van der Waals surface area contributed by atoms with Crippen LogP contribution < -0.4 is 4.90 Å². The quantitative estimate of drug-likeness (QED) is 0.348. The Morgan fingerprint density at radius 3 is 2.70 bits per heavy atom. The number of anilines is 1. The molecule has 1 fully saturated rings. The number of morpholine rings is 1. The summed E-state index contributed by atoms with van der Waals surface area (Å²) in [7, 11) is 3.42. The molecule has 1 amide bonds. The normalized spacial score (nSPS) is 13.8. The summed E-state index contributed by atoms with van der Waals surface area (Å²) in [6.07, 6.45) is 0. The standard InChI is InChI=1S/C24H28N4O4S/c1-27(15-18-6-4-3-5-7-18)23(29)21-9-8-20(32-21)17-33-24-25-19(16-30-2)14-22(26-24)28-10-12-31-13-11-28/h3-9,14H,10-13,15-17H2,1-2H3. The van der Waals surface area contributed by atoms with Gasteiger partial charge in [0.05, 0.1) is 31.3 Å². The fourth-order valence-electron chi connectivity index (χ4n) is 3.52. The lowest BCUT2D eigenvalue weighted by Crippen LogP contribution is -2.37. The van der Waals surface area contributed by atoms with Crippen molar-refractivity contribution in [3.8, 4) is 0 Å². The van der Waals surface area contributed by atoms with Crippen LogP contribution in [0.1, 0.15) is 27.6 Å². The molecule has 3 aromatic rings. The summed E-state index contributed by atoms with van der Waals surface area (Å²) in [6.45, 7) is 3.92. The lowest BCUT2D eigenvalue weighted by atomic mass is 10.2. The molecule has 0 aliphatic carbocycles. The maximum Gasteiger partial charge on any atom is 0.289 e. The Hall–Kier alpha value is -2.88. The Morgan fingerprint density at radius 2 is 1.94 bits per heavy atom. The second kappa shape index (κ2) is 11.3. The minimum Gasteiger partial charge on any atom is -0.455 e. The molecule has 0 N–H and O–H groups in total. The Morgan fingerprint density at radius 1 is 1.15 bits per heavy atom. The van der Waals surface area contributed by atoms with Gasteiger partial charge < -0.3 is 23.7 Å². The molecule has 8 nitrogen and oxygen atoms in total. The average Bonchev–Trinajstić information content (AvgIpc) is 3.32. The number of rotatable bonds is 9. The van der Waals surface area contributed by atoms with Gasteiger partial charge in [0.15, 0.2) is 10.9 Å². The minimum atomic E-state index is -0.150. The van der Waals surface area contributed by atoms with E-state index in [0.717, 1.165) is 30.2 Å². The average molecular weight is 469 g/mol. The van der Waals surface area contributed by atoms with Crippen molar-refractivity contribution in [2.75, 3.05) is 45.4 Å². The van der Waals surface area contributed by atoms with Crippen LogP contribution in [-0.2, 0) is 28.4 Å². The van der Waals surface area contributed by atoms with Gasteiger partial charge in [-0.05, 0) is 17.7 Å². The number of carbonyl (C=O) groups excluding carboxylic acids is 1. The fraction of sp³-hybridized carbons (Fsp3) is 0.375. The van der Waals surface area contributed by atoms with Crippen LogP contribution >= 0.6 is 11.8 Å². The summed E-state index contributed by atoms with van der Waals surface area (Å²) >= 11 is 1.47. The number of carbonyl (C=O) groups is 1. The molecule has 0 radical (unpaired) electrons. The first-order chi connectivity index (χ1) is 16.1. The van der Waals surface area contributed by atoms with Gasteiger partial charge in [-0.2, -0.15) is 0 Å². The van der Waals surface area contributed by atoms with Gasteiger partial charge in [0.1, 0.15) is 11.6 Å². The fourth-order valence-corrected chi connectivity index (χ4v) is 4.29. The number of methoxy groups -OCH3 is 1. The Kier molecular flexibility index (Phi) is 7.98. The van der Waals surface area contributed by atoms with E-state index in [1.807, 2.05) is 42.5 Å². The van der Waals surface area contributed by atoms with Gasteiger partial charge in [-0.3, -0.25) is 4.79 Å². The van der Waals surface area contributed by atoms with E-state index in [-0.39, 0.29) is 5.91 Å². The molecule has 33 heavy (non-hydrogen) atoms. The maximum atomic E-state index is 12.7. The number of hydrogen-bond donors (Lipinski definition) is 0. The van der Waals surface area contributed by atoms with E-state index in [1.165, 1.54) is 11.8 Å². The van der Waals surface area contributed by atoms with Crippen molar-refractivity contribution < 1.29 is 18.7 Å². The molecule has 0 bridgehead atoms. The van der Waals surface area contributed by atoms with Gasteiger partial charge >= 0.3 is 0 Å². The number of amides is 1. The van der Waals surface area contributed by atoms with Crippen molar-refractivity contribution in [2.45, 2.75) is 24.1 Å². The van der Waals surface area contributed by atoms with Gasteiger partial charge in [-0.25, -0.2) is 9.97 Å². The Labute approximate surface area is 197 Å². The van der Waals surface area contributed by atoms with Gasteiger partial charge in [-0.15, -0.1) is 0 Å². The molecule has 174 valence electrons. The van der Waals surface area contributed by atoms with E-state index in [0.29, 0.717) is 48.8 Å². The van der Waals surface area contributed by atoms with Gasteiger partial charge in [0.2, 0.25) is 0 Å². The minimum absolute atomic E-state index is 0.150. The molecule has 3 heterocycles. The van der Waals surface area contributed by atoms with Crippen LogP contribution in [0.25, 0.3) is 0 Å². The monoisotopic (exact) mass is 468 g/mol. The predicted octanol–water partition coefficient (Wildman–Crippen LogP) is 3.62.